The van der Waals surface area contributed by atoms with Crippen molar-refractivity contribution in [2.24, 2.45) is 10.7 Å². The van der Waals surface area contributed by atoms with Crippen molar-refractivity contribution in [3.63, 3.8) is 0 Å². The number of ether oxygens (including phenoxy) is 1. The summed E-state index contributed by atoms with van der Waals surface area (Å²) in [6, 6.07) is 0. The molecule has 6 nitrogen and oxygen atoms in total. The molecule has 2 atom stereocenters. The second-order valence-electron chi connectivity index (χ2n) is 3.84. The number of imidazole rings is 1. The van der Waals surface area contributed by atoms with Crippen LogP contribution in [-0.4, -0.2) is 28.2 Å². The Kier molecular flexibility index (Phi) is 3.00. The lowest BCUT2D eigenvalue weighted by molar-refractivity contribution is 0.0533. The number of aromatic nitrogens is 2. The van der Waals surface area contributed by atoms with Crippen molar-refractivity contribution >= 4 is 12.2 Å². The summed E-state index contributed by atoms with van der Waals surface area (Å²) in [4.78, 5) is 10.8. The van der Waals surface area contributed by atoms with Gasteiger partial charge in [-0.3, -0.25) is 5.41 Å². The predicted octanol–water partition coefficient (Wildman–Crippen LogP) is 0.962. The molecule has 0 aliphatic carbocycles. The molecule has 86 valence electrons. The summed E-state index contributed by atoms with van der Waals surface area (Å²) in [5, 5.41) is 6.82. The molecule has 0 amide bonds. The van der Waals surface area contributed by atoms with Crippen LogP contribution in [0.2, 0.25) is 0 Å². The van der Waals surface area contributed by atoms with E-state index >= 15 is 0 Å². The SMILES string of the molecule is CC1CCC(c2cnc(C(N)=NC=N)[nH]2)O1. The molecule has 2 heterocycles. The summed E-state index contributed by atoms with van der Waals surface area (Å²) in [7, 11) is 0. The Morgan fingerprint density at radius 3 is 3.19 bits per heavy atom. The summed E-state index contributed by atoms with van der Waals surface area (Å²) in [6.45, 7) is 2.06. The van der Waals surface area contributed by atoms with E-state index in [1.165, 1.54) is 0 Å². The zero-order valence-electron chi connectivity index (χ0n) is 9.10. The average molecular weight is 221 g/mol. The van der Waals surface area contributed by atoms with E-state index in [9.17, 15) is 0 Å². The van der Waals surface area contributed by atoms with Gasteiger partial charge in [-0.05, 0) is 19.8 Å². The van der Waals surface area contributed by atoms with Crippen molar-refractivity contribution in [1.29, 1.82) is 5.41 Å². The Labute approximate surface area is 93.4 Å². The molecule has 0 radical (unpaired) electrons. The van der Waals surface area contributed by atoms with Crippen molar-refractivity contribution in [3.05, 3.63) is 17.7 Å². The minimum atomic E-state index is 0.0732. The van der Waals surface area contributed by atoms with Crippen LogP contribution in [0.5, 0.6) is 0 Å². The van der Waals surface area contributed by atoms with Crippen LogP contribution in [0, 0.1) is 5.41 Å². The quantitative estimate of drug-likeness (QED) is 0.523. The van der Waals surface area contributed by atoms with E-state index < -0.39 is 0 Å². The van der Waals surface area contributed by atoms with Gasteiger partial charge in [-0.2, -0.15) is 0 Å². The monoisotopic (exact) mass is 221 g/mol. The van der Waals surface area contributed by atoms with E-state index in [1.807, 2.05) is 0 Å². The van der Waals surface area contributed by atoms with Crippen LogP contribution in [0.1, 0.15) is 37.4 Å². The maximum Gasteiger partial charge on any atom is 0.173 e. The molecule has 0 saturated carbocycles. The van der Waals surface area contributed by atoms with Gasteiger partial charge in [0.2, 0.25) is 0 Å². The van der Waals surface area contributed by atoms with Gasteiger partial charge in [-0.15, -0.1) is 0 Å². The third kappa shape index (κ3) is 2.11. The number of rotatable bonds is 3. The van der Waals surface area contributed by atoms with Gasteiger partial charge in [0.25, 0.3) is 0 Å². The van der Waals surface area contributed by atoms with Crippen molar-refractivity contribution in [2.75, 3.05) is 0 Å². The summed E-state index contributed by atoms with van der Waals surface area (Å²) >= 11 is 0. The fourth-order valence-corrected chi connectivity index (χ4v) is 1.79. The topological polar surface area (TPSA) is 100 Å². The van der Waals surface area contributed by atoms with E-state index in [0.29, 0.717) is 11.9 Å². The van der Waals surface area contributed by atoms with Crippen molar-refractivity contribution < 1.29 is 4.74 Å². The second-order valence-corrected chi connectivity index (χ2v) is 3.84. The predicted molar refractivity (Wildman–Crippen MR) is 60.6 cm³/mol. The number of H-pyrrole nitrogens is 1. The second kappa shape index (κ2) is 4.44. The van der Waals surface area contributed by atoms with E-state index in [1.54, 1.807) is 6.20 Å². The highest BCUT2D eigenvalue weighted by molar-refractivity contribution is 5.98. The van der Waals surface area contributed by atoms with Gasteiger partial charge in [0.05, 0.1) is 24.1 Å². The average Bonchev–Trinajstić information content (AvgIpc) is 2.85. The van der Waals surface area contributed by atoms with Gasteiger partial charge < -0.3 is 15.5 Å². The number of nitrogens with one attached hydrogen (secondary N) is 2. The molecule has 2 rings (SSSR count). The highest BCUT2D eigenvalue weighted by Crippen LogP contribution is 2.31. The molecule has 1 fully saturated rings. The van der Waals surface area contributed by atoms with E-state index in [-0.39, 0.29) is 11.9 Å². The zero-order valence-corrected chi connectivity index (χ0v) is 9.10. The molecule has 4 N–H and O–H groups in total. The van der Waals surface area contributed by atoms with E-state index in [0.717, 1.165) is 24.9 Å². The van der Waals surface area contributed by atoms with Crippen molar-refractivity contribution in [3.8, 4) is 0 Å². The third-order valence-corrected chi connectivity index (χ3v) is 2.62. The number of nitrogens with two attached hydrogens (primary N) is 1. The molecule has 6 heteroatoms. The van der Waals surface area contributed by atoms with Crippen LogP contribution in [0.25, 0.3) is 0 Å². The minimum Gasteiger partial charge on any atom is -0.381 e. The first kappa shape index (κ1) is 10.8. The fourth-order valence-electron chi connectivity index (χ4n) is 1.79. The highest BCUT2D eigenvalue weighted by atomic mass is 16.5. The number of hydrogen-bond donors (Lipinski definition) is 3. The Morgan fingerprint density at radius 1 is 1.75 bits per heavy atom. The van der Waals surface area contributed by atoms with E-state index in [4.69, 9.17) is 15.9 Å². The number of aromatic amines is 1. The zero-order chi connectivity index (χ0) is 11.5. The Hall–Kier alpha value is -1.69. The molecule has 1 aliphatic rings. The third-order valence-electron chi connectivity index (χ3n) is 2.62. The molecule has 2 unspecified atom stereocenters. The first-order valence-electron chi connectivity index (χ1n) is 5.23. The molecule has 0 bridgehead atoms. The minimum absolute atomic E-state index is 0.0732. The molecule has 1 aromatic heterocycles. The van der Waals surface area contributed by atoms with Crippen LogP contribution in [0.3, 0.4) is 0 Å². The Morgan fingerprint density at radius 2 is 2.56 bits per heavy atom. The van der Waals surface area contributed by atoms with Gasteiger partial charge in [0, 0.05) is 0 Å². The summed E-state index contributed by atoms with van der Waals surface area (Å²) in [5.74, 6) is 0.703. The lowest BCUT2D eigenvalue weighted by atomic mass is 10.2. The molecule has 1 aromatic rings. The van der Waals surface area contributed by atoms with Crippen LogP contribution in [0.15, 0.2) is 11.2 Å². The summed E-state index contributed by atoms with van der Waals surface area (Å²) in [6.07, 6.45) is 5.03. The molecular weight excluding hydrogens is 206 g/mol. The normalized spacial score (nSPS) is 25.9. The molecule has 16 heavy (non-hydrogen) atoms. The largest absolute Gasteiger partial charge is 0.381 e. The standard InChI is InChI=1S/C10H15N5O/c1-6-2-3-8(16-6)7-4-13-10(15-7)9(12)14-5-11/h4-6,8H,2-3H2,1H3,(H,13,15)(H3,11,12,14). The Balaban J connectivity index is 2.13. The van der Waals surface area contributed by atoms with Crippen molar-refractivity contribution in [2.45, 2.75) is 32.0 Å². The van der Waals surface area contributed by atoms with Gasteiger partial charge in [0.15, 0.2) is 11.7 Å². The van der Waals surface area contributed by atoms with E-state index in [2.05, 4.69) is 21.9 Å². The van der Waals surface area contributed by atoms with Gasteiger partial charge >= 0.3 is 0 Å². The lowest BCUT2D eigenvalue weighted by Gasteiger charge is -2.07. The van der Waals surface area contributed by atoms with Crippen molar-refractivity contribution in [1.82, 2.24) is 9.97 Å². The van der Waals surface area contributed by atoms with Crippen LogP contribution < -0.4 is 5.73 Å². The Bertz CT molecular complexity index is 411. The number of hydrogen-bond acceptors (Lipinski definition) is 3. The maximum atomic E-state index is 6.82. The van der Waals surface area contributed by atoms with Crippen LogP contribution in [0.4, 0.5) is 0 Å². The molecular formula is C10H15N5O. The van der Waals surface area contributed by atoms with Crippen LogP contribution in [-0.2, 0) is 4.74 Å². The van der Waals surface area contributed by atoms with Gasteiger partial charge in [-0.1, -0.05) is 0 Å². The molecule has 0 spiro atoms. The number of amidine groups is 1. The fraction of sp³-hybridized carbons (Fsp3) is 0.500. The van der Waals surface area contributed by atoms with Gasteiger partial charge in [0.1, 0.15) is 6.34 Å². The maximum absolute atomic E-state index is 6.82. The first-order chi connectivity index (χ1) is 7.70. The molecule has 1 saturated heterocycles. The smallest absolute Gasteiger partial charge is 0.173 e. The van der Waals surface area contributed by atoms with Crippen LogP contribution >= 0.6 is 0 Å². The highest BCUT2D eigenvalue weighted by Gasteiger charge is 2.25. The van der Waals surface area contributed by atoms with Gasteiger partial charge in [-0.25, -0.2) is 9.98 Å². The molecule has 1 aliphatic heterocycles. The summed E-state index contributed by atoms with van der Waals surface area (Å²) < 4.78 is 5.70. The lowest BCUT2D eigenvalue weighted by Crippen LogP contribution is -2.15. The number of nitrogens with zero attached hydrogens (tertiary/aromatic N) is 2. The first-order valence-corrected chi connectivity index (χ1v) is 5.23. The molecule has 0 aromatic carbocycles. The summed E-state index contributed by atoms with van der Waals surface area (Å²) in [5.41, 5.74) is 6.53. The number of aliphatic imine (C=N–C) groups is 1.